The summed E-state index contributed by atoms with van der Waals surface area (Å²) in [6.45, 7) is 0.548. The van der Waals surface area contributed by atoms with Gasteiger partial charge in [0.1, 0.15) is 10.6 Å². The molecule has 3 rings (SSSR count). The third-order valence-electron chi connectivity index (χ3n) is 2.36. The van der Waals surface area contributed by atoms with Gasteiger partial charge < -0.3 is 5.32 Å². The molecule has 0 atom stereocenters. The van der Waals surface area contributed by atoms with E-state index in [1.807, 2.05) is 23.6 Å². The van der Waals surface area contributed by atoms with Crippen molar-refractivity contribution >= 4 is 39.0 Å². The van der Waals surface area contributed by atoms with Crippen molar-refractivity contribution in [2.24, 2.45) is 0 Å². The Labute approximate surface area is 112 Å². The summed E-state index contributed by atoms with van der Waals surface area (Å²) in [5.41, 5.74) is 0.843. The molecule has 3 heterocycles. The van der Waals surface area contributed by atoms with E-state index in [2.05, 4.69) is 25.5 Å². The van der Waals surface area contributed by atoms with Crippen LogP contribution in [0, 0.1) is 0 Å². The molecule has 3 aromatic heterocycles. The van der Waals surface area contributed by atoms with E-state index >= 15 is 0 Å². The van der Waals surface area contributed by atoms with Crippen LogP contribution in [0.5, 0.6) is 0 Å². The van der Waals surface area contributed by atoms with Crippen molar-refractivity contribution in [1.82, 2.24) is 20.2 Å². The van der Waals surface area contributed by atoms with Gasteiger partial charge in [-0.05, 0) is 35.2 Å². The molecule has 0 spiro atoms. The lowest BCUT2D eigenvalue weighted by atomic mass is 10.3. The monoisotopic (exact) mass is 277 g/mol. The van der Waals surface area contributed by atoms with Crippen LogP contribution in [-0.2, 0) is 6.54 Å². The maximum atomic E-state index is 5.88. The second kappa shape index (κ2) is 4.83. The molecule has 5 nitrogen and oxygen atoms in total. The summed E-state index contributed by atoms with van der Waals surface area (Å²) in [7, 11) is 0. The van der Waals surface area contributed by atoms with Crippen molar-refractivity contribution in [3.05, 3.63) is 40.8 Å². The fourth-order valence-corrected chi connectivity index (χ4v) is 2.55. The highest BCUT2D eigenvalue weighted by Gasteiger charge is 2.07. The van der Waals surface area contributed by atoms with Crippen molar-refractivity contribution < 1.29 is 0 Å². The van der Waals surface area contributed by atoms with Crippen molar-refractivity contribution in [3.8, 4) is 0 Å². The molecule has 0 aliphatic carbocycles. The lowest BCUT2D eigenvalue weighted by Gasteiger charge is -2.05. The molecule has 3 aromatic rings. The van der Waals surface area contributed by atoms with Crippen molar-refractivity contribution in [2.75, 3.05) is 5.32 Å². The van der Waals surface area contributed by atoms with Gasteiger partial charge in [0.2, 0.25) is 5.28 Å². The molecule has 1 N–H and O–H groups in total. The molecule has 0 unspecified atom stereocenters. The zero-order valence-electron chi connectivity index (χ0n) is 9.17. The van der Waals surface area contributed by atoms with Crippen LogP contribution in [0.4, 0.5) is 5.82 Å². The van der Waals surface area contributed by atoms with Gasteiger partial charge in [0.05, 0.1) is 17.6 Å². The van der Waals surface area contributed by atoms with Crippen LogP contribution in [0.3, 0.4) is 0 Å². The second-order valence-corrected chi connectivity index (χ2v) is 4.78. The maximum absolute atomic E-state index is 5.88. The Morgan fingerprint density at radius 2 is 2.22 bits per heavy atom. The Morgan fingerprint density at radius 1 is 1.28 bits per heavy atom. The third kappa shape index (κ3) is 2.25. The average molecular weight is 278 g/mol. The number of hydrogen-bond donors (Lipinski definition) is 1. The van der Waals surface area contributed by atoms with E-state index in [1.165, 1.54) is 11.3 Å². The highest BCUT2D eigenvalue weighted by molar-refractivity contribution is 7.16. The van der Waals surface area contributed by atoms with Gasteiger partial charge in [-0.25, -0.2) is 9.97 Å². The van der Waals surface area contributed by atoms with E-state index in [9.17, 15) is 0 Å². The molecular weight excluding hydrogens is 270 g/mol. The topological polar surface area (TPSA) is 63.6 Å². The van der Waals surface area contributed by atoms with Crippen LogP contribution in [0.2, 0.25) is 5.28 Å². The lowest BCUT2D eigenvalue weighted by molar-refractivity contribution is 0.921. The van der Waals surface area contributed by atoms with Gasteiger partial charge in [-0.2, -0.15) is 10.2 Å². The molecule has 0 bridgehead atoms. The minimum Gasteiger partial charge on any atom is -0.364 e. The van der Waals surface area contributed by atoms with Crippen molar-refractivity contribution in [3.63, 3.8) is 0 Å². The Kier molecular flexibility index (Phi) is 3.04. The number of thiophene rings is 1. The minimum atomic E-state index is 0.242. The van der Waals surface area contributed by atoms with Gasteiger partial charge in [0, 0.05) is 6.20 Å². The standard InChI is InChI=1S/C11H8ClN5S/c12-11-15-9(8-3-5-18-10(8)16-11)13-6-7-2-1-4-14-17-7/h1-5H,6H2,(H,13,15,16). The first kappa shape index (κ1) is 11.3. The molecule has 0 saturated heterocycles. The number of nitrogens with one attached hydrogen (secondary N) is 1. The van der Waals surface area contributed by atoms with Crippen LogP contribution in [0.25, 0.3) is 10.2 Å². The Hall–Kier alpha value is -1.79. The summed E-state index contributed by atoms with van der Waals surface area (Å²) in [6.07, 6.45) is 1.64. The summed E-state index contributed by atoms with van der Waals surface area (Å²) >= 11 is 7.41. The van der Waals surface area contributed by atoms with Crippen LogP contribution in [-0.4, -0.2) is 20.2 Å². The van der Waals surface area contributed by atoms with Crippen LogP contribution in [0.15, 0.2) is 29.8 Å². The number of nitrogens with zero attached hydrogens (tertiary/aromatic N) is 4. The molecule has 0 amide bonds. The molecule has 0 fully saturated rings. The van der Waals surface area contributed by atoms with Gasteiger partial charge >= 0.3 is 0 Å². The summed E-state index contributed by atoms with van der Waals surface area (Å²) in [4.78, 5) is 9.22. The summed E-state index contributed by atoms with van der Waals surface area (Å²) in [5.74, 6) is 0.719. The second-order valence-electron chi connectivity index (χ2n) is 3.55. The first-order chi connectivity index (χ1) is 8.83. The first-order valence-corrected chi connectivity index (χ1v) is 6.50. The molecule has 0 saturated carbocycles. The van der Waals surface area contributed by atoms with Gasteiger partial charge in [-0.3, -0.25) is 0 Å². The Morgan fingerprint density at radius 3 is 3.06 bits per heavy atom. The fraction of sp³-hybridized carbons (Fsp3) is 0.0909. The van der Waals surface area contributed by atoms with E-state index in [0.717, 1.165) is 21.7 Å². The summed E-state index contributed by atoms with van der Waals surface area (Å²) in [6, 6.07) is 5.71. The number of anilines is 1. The van der Waals surface area contributed by atoms with Crippen LogP contribution < -0.4 is 5.32 Å². The summed E-state index contributed by atoms with van der Waals surface area (Å²) in [5, 5.41) is 14.2. The number of aromatic nitrogens is 4. The quantitative estimate of drug-likeness (QED) is 0.746. The van der Waals surface area contributed by atoms with Gasteiger partial charge in [-0.1, -0.05) is 0 Å². The minimum absolute atomic E-state index is 0.242. The van der Waals surface area contributed by atoms with Crippen LogP contribution in [0.1, 0.15) is 5.69 Å². The largest absolute Gasteiger partial charge is 0.364 e. The number of hydrogen-bond acceptors (Lipinski definition) is 6. The molecule has 0 aliphatic rings. The van der Waals surface area contributed by atoms with Crippen molar-refractivity contribution in [1.29, 1.82) is 0 Å². The zero-order valence-corrected chi connectivity index (χ0v) is 10.7. The maximum Gasteiger partial charge on any atom is 0.225 e. The predicted molar refractivity (Wildman–Crippen MR) is 71.8 cm³/mol. The zero-order chi connectivity index (χ0) is 12.4. The SMILES string of the molecule is Clc1nc(NCc2cccnn2)c2ccsc2n1. The number of rotatable bonds is 3. The summed E-state index contributed by atoms with van der Waals surface area (Å²) < 4.78 is 0. The lowest BCUT2D eigenvalue weighted by Crippen LogP contribution is -2.04. The molecule has 0 aromatic carbocycles. The van der Waals surface area contributed by atoms with E-state index < -0.39 is 0 Å². The van der Waals surface area contributed by atoms with E-state index in [-0.39, 0.29) is 5.28 Å². The molecule has 18 heavy (non-hydrogen) atoms. The van der Waals surface area contributed by atoms with E-state index in [1.54, 1.807) is 6.20 Å². The van der Waals surface area contributed by atoms with Gasteiger partial charge in [0.25, 0.3) is 0 Å². The van der Waals surface area contributed by atoms with Crippen LogP contribution >= 0.6 is 22.9 Å². The number of halogens is 1. The average Bonchev–Trinajstić information content (AvgIpc) is 2.85. The Balaban J connectivity index is 1.88. The molecule has 90 valence electrons. The molecule has 0 radical (unpaired) electrons. The molecule has 0 aliphatic heterocycles. The normalized spacial score (nSPS) is 10.7. The van der Waals surface area contributed by atoms with Gasteiger partial charge in [0.15, 0.2) is 0 Å². The van der Waals surface area contributed by atoms with E-state index in [0.29, 0.717) is 6.54 Å². The number of fused-ring (bicyclic) bond motifs is 1. The molecule has 7 heteroatoms. The first-order valence-electron chi connectivity index (χ1n) is 5.24. The Bertz CT molecular complexity index is 670. The fourth-order valence-electron chi connectivity index (χ4n) is 1.57. The molecular formula is C11H8ClN5S. The van der Waals surface area contributed by atoms with Gasteiger partial charge in [-0.15, -0.1) is 11.3 Å². The van der Waals surface area contributed by atoms with Crippen molar-refractivity contribution in [2.45, 2.75) is 6.54 Å². The highest BCUT2D eigenvalue weighted by Crippen LogP contribution is 2.26. The third-order valence-corrected chi connectivity index (χ3v) is 3.34. The smallest absolute Gasteiger partial charge is 0.225 e. The predicted octanol–water partition coefficient (Wildman–Crippen LogP) is 2.75. The van der Waals surface area contributed by atoms with E-state index in [4.69, 9.17) is 11.6 Å². The highest BCUT2D eigenvalue weighted by atomic mass is 35.5.